The maximum Gasteiger partial charge on any atom is 0.191 e. The summed E-state index contributed by atoms with van der Waals surface area (Å²) in [4.78, 5) is 8.99. The number of ether oxygens (including phenoxy) is 1. The van der Waals surface area contributed by atoms with Gasteiger partial charge in [-0.15, -0.1) is 24.0 Å². The molecule has 1 aromatic heterocycles. The van der Waals surface area contributed by atoms with Crippen molar-refractivity contribution in [1.29, 1.82) is 0 Å². The summed E-state index contributed by atoms with van der Waals surface area (Å²) >= 11 is 0. The van der Waals surface area contributed by atoms with Crippen molar-refractivity contribution in [2.45, 2.75) is 26.8 Å². The van der Waals surface area contributed by atoms with E-state index in [-0.39, 0.29) is 24.0 Å². The zero-order valence-electron chi connectivity index (χ0n) is 15.6. The lowest BCUT2D eigenvalue weighted by Crippen LogP contribution is -2.38. The molecule has 1 aromatic carbocycles. The highest BCUT2D eigenvalue weighted by atomic mass is 127. The van der Waals surface area contributed by atoms with Gasteiger partial charge in [-0.3, -0.25) is 4.99 Å². The third-order valence-electron chi connectivity index (χ3n) is 3.69. The van der Waals surface area contributed by atoms with E-state index in [1.807, 2.05) is 25.4 Å². The molecule has 2 aromatic rings. The molecule has 0 bridgehead atoms. The minimum atomic E-state index is 0. The lowest BCUT2D eigenvalue weighted by Gasteiger charge is -2.12. The van der Waals surface area contributed by atoms with Crippen LogP contribution in [0.25, 0.3) is 0 Å². The van der Waals surface area contributed by atoms with Gasteiger partial charge in [-0.05, 0) is 19.4 Å². The standard InChI is InChI=1S/C19H29N5O.HI/c1-3-20-19(23-13-15-25-4-2)22-11-10-18-21-12-14-24(18)16-17-8-6-5-7-9-17;/h5-9,12,14H,3-4,10-11,13,15-16H2,1-2H3,(H2,20,22,23);1H. The quantitative estimate of drug-likeness (QED) is 0.242. The number of hydrogen-bond donors (Lipinski definition) is 2. The molecule has 26 heavy (non-hydrogen) atoms. The SMILES string of the molecule is CCNC(=NCCOCC)NCCc1nccn1Cc1ccccc1.I. The molecule has 0 unspecified atom stereocenters. The Bertz CT molecular complexity index is 630. The fraction of sp³-hybridized carbons (Fsp3) is 0.474. The lowest BCUT2D eigenvalue weighted by molar-refractivity contribution is 0.155. The van der Waals surface area contributed by atoms with E-state index in [9.17, 15) is 0 Å². The number of guanidine groups is 1. The van der Waals surface area contributed by atoms with E-state index in [1.54, 1.807) is 0 Å². The van der Waals surface area contributed by atoms with Crippen molar-refractivity contribution in [3.8, 4) is 0 Å². The molecule has 144 valence electrons. The van der Waals surface area contributed by atoms with Crippen molar-refractivity contribution in [1.82, 2.24) is 20.2 Å². The normalized spacial score (nSPS) is 11.1. The average molecular weight is 471 g/mol. The Balaban J connectivity index is 0.00000338. The zero-order valence-corrected chi connectivity index (χ0v) is 18.0. The first kappa shape index (κ1) is 22.4. The van der Waals surface area contributed by atoms with Gasteiger partial charge in [-0.2, -0.15) is 0 Å². The van der Waals surface area contributed by atoms with Crippen LogP contribution >= 0.6 is 24.0 Å². The average Bonchev–Trinajstić information content (AvgIpc) is 3.06. The number of hydrogen-bond acceptors (Lipinski definition) is 3. The van der Waals surface area contributed by atoms with E-state index in [0.717, 1.165) is 44.4 Å². The van der Waals surface area contributed by atoms with Crippen molar-refractivity contribution >= 4 is 29.9 Å². The molecule has 2 rings (SSSR count). The van der Waals surface area contributed by atoms with E-state index >= 15 is 0 Å². The van der Waals surface area contributed by atoms with Gasteiger partial charge in [0.1, 0.15) is 5.82 Å². The summed E-state index contributed by atoms with van der Waals surface area (Å²) in [5, 5.41) is 6.61. The molecule has 1 heterocycles. The highest BCUT2D eigenvalue weighted by molar-refractivity contribution is 14.0. The topological polar surface area (TPSA) is 63.5 Å². The predicted molar refractivity (Wildman–Crippen MR) is 117 cm³/mol. The first-order valence-corrected chi connectivity index (χ1v) is 8.97. The van der Waals surface area contributed by atoms with Gasteiger partial charge in [0.15, 0.2) is 5.96 Å². The number of aromatic nitrogens is 2. The highest BCUT2D eigenvalue weighted by Crippen LogP contribution is 2.05. The molecule has 0 radical (unpaired) electrons. The van der Waals surface area contributed by atoms with E-state index < -0.39 is 0 Å². The summed E-state index contributed by atoms with van der Waals surface area (Å²) < 4.78 is 7.51. The number of benzene rings is 1. The Morgan fingerprint density at radius 3 is 2.73 bits per heavy atom. The molecular weight excluding hydrogens is 441 g/mol. The van der Waals surface area contributed by atoms with Crippen LogP contribution in [0, 0.1) is 0 Å². The second-order valence-corrected chi connectivity index (χ2v) is 5.59. The van der Waals surface area contributed by atoms with Crippen LogP contribution in [0.4, 0.5) is 0 Å². The summed E-state index contributed by atoms with van der Waals surface area (Å²) in [7, 11) is 0. The largest absolute Gasteiger partial charge is 0.380 e. The van der Waals surface area contributed by atoms with Crippen LogP contribution in [0.5, 0.6) is 0 Å². The maximum atomic E-state index is 5.32. The number of halogens is 1. The molecule has 0 fully saturated rings. The van der Waals surface area contributed by atoms with Crippen LogP contribution in [0.3, 0.4) is 0 Å². The van der Waals surface area contributed by atoms with Crippen LogP contribution in [0.15, 0.2) is 47.7 Å². The van der Waals surface area contributed by atoms with Gasteiger partial charge in [-0.25, -0.2) is 4.98 Å². The Labute approximate surface area is 173 Å². The molecule has 0 aliphatic carbocycles. The Hall–Kier alpha value is -1.61. The first-order chi connectivity index (χ1) is 12.3. The van der Waals surface area contributed by atoms with Crippen LogP contribution in [0.1, 0.15) is 25.2 Å². The molecule has 0 saturated carbocycles. The van der Waals surface area contributed by atoms with Crippen molar-refractivity contribution in [2.75, 3.05) is 32.8 Å². The third kappa shape index (κ3) is 8.18. The number of rotatable bonds is 10. The van der Waals surface area contributed by atoms with Crippen molar-refractivity contribution < 1.29 is 4.74 Å². The number of nitrogens with one attached hydrogen (secondary N) is 2. The van der Waals surface area contributed by atoms with E-state index in [2.05, 4.69) is 56.4 Å². The van der Waals surface area contributed by atoms with Crippen LogP contribution in [-0.4, -0.2) is 48.4 Å². The zero-order chi connectivity index (χ0) is 17.7. The van der Waals surface area contributed by atoms with Gasteiger partial charge >= 0.3 is 0 Å². The third-order valence-corrected chi connectivity index (χ3v) is 3.69. The van der Waals surface area contributed by atoms with Crippen molar-refractivity contribution in [3.63, 3.8) is 0 Å². The van der Waals surface area contributed by atoms with Crippen LogP contribution in [-0.2, 0) is 17.7 Å². The highest BCUT2D eigenvalue weighted by Gasteiger charge is 2.04. The molecule has 6 nitrogen and oxygen atoms in total. The molecule has 0 spiro atoms. The Kier molecular flexibility index (Phi) is 11.7. The summed E-state index contributed by atoms with van der Waals surface area (Å²) in [6.07, 6.45) is 4.74. The second-order valence-electron chi connectivity index (χ2n) is 5.59. The van der Waals surface area contributed by atoms with Gasteiger partial charge < -0.3 is 19.9 Å². The van der Waals surface area contributed by atoms with E-state index in [1.165, 1.54) is 5.56 Å². The predicted octanol–water partition coefficient (Wildman–Crippen LogP) is 2.68. The molecule has 7 heteroatoms. The molecular formula is C19H30IN5O. The van der Waals surface area contributed by atoms with Crippen LogP contribution in [0.2, 0.25) is 0 Å². The minimum absolute atomic E-state index is 0. The molecule has 2 N–H and O–H groups in total. The number of nitrogens with zero attached hydrogens (tertiary/aromatic N) is 3. The summed E-state index contributed by atoms with van der Waals surface area (Å²) in [5.74, 6) is 1.89. The smallest absolute Gasteiger partial charge is 0.191 e. The minimum Gasteiger partial charge on any atom is -0.380 e. The van der Waals surface area contributed by atoms with Crippen molar-refractivity contribution in [2.24, 2.45) is 4.99 Å². The monoisotopic (exact) mass is 471 g/mol. The Morgan fingerprint density at radius 1 is 1.19 bits per heavy atom. The van der Waals surface area contributed by atoms with Gasteiger partial charge in [0.05, 0.1) is 13.2 Å². The van der Waals surface area contributed by atoms with Crippen molar-refractivity contribution in [3.05, 3.63) is 54.1 Å². The lowest BCUT2D eigenvalue weighted by atomic mass is 10.2. The van der Waals surface area contributed by atoms with Gasteiger partial charge in [0, 0.05) is 45.1 Å². The molecule has 0 aliphatic heterocycles. The summed E-state index contributed by atoms with van der Waals surface area (Å²) in [5.41, 5.74) is 1.28. The molecule has 0 atom stereocenters. The number of aliphatic imine (C=N–C) groups is 1. The maximum absolute atomic E-state index is 5.32. The second kappa shape index (κ2) is 13.6. The van der Waals surface area contributed by atoms with Gasteiger partial charge in [0.2, 0.25) is 0 Å². The molecule has 0 amide bonds. The number of imidazole rings is 1. The van der Waals surface area contributed by atoms with E-state index in [4.69, 9.17) is 4.74 Å². The van der Waals surface area contributed by atoms with Crippen LogP contribution < -0.4 is 10.6 Å². The summed E-state index contributed by atoms with van der Waals surface area (Å²) in [6.45, 7) is 8.55. The fourth-order valence-corrected chi connectivity index (χ4v) is 2.49. The van der Waals surface area contributed by atoms with Gasteiger partial charge in [-0.1, -0.05) is 30.3 Å². The van der Waals surface area contributed by atoms with Gasteiger partial charge in [0.25, 0.3) is 0 Å². The first-order valence-electron chi connectivity index (χ1n) is 8.97. The molecule has 0 aliphatic rings. The molecule has 0 saturated heterocycles. The Morgan fingerprint density at radius 2 is 2.00 bits per heavy atom. The fourth-order valence-electron chi connectivity index (χ4n) is 2.49. The van der Waals surface area contributed by atoms with E-state index in [0.29, 0.717) is 13.2 Å². The summed E-state index contributed by atoms with van der Waals surface area (Å²) in [6, 6.07) is 10.4.